The fraction of sp³-hybridized carbons (Fsp3) is 0.529. The zero-order valence-electron chi connectivity index (χ0n) is 13.8. The summed E-state index contributed by atoms with van der Waals surface area (Å²) in [6, 6.07) is 8.28. The molecule has 1 saturated carbocycles. The van der Waals surface area contributed by atoms with Crippen molar-refractivity contribution in [2.75, 3.05) is 7.05 Å². The van der Waals surface area contributed by atoms with Crippen LogP contribution in [0.5, 0.6) is 0 Å². The quantitative estimate of drug-likeness (QED) is 0.858. The zero-order chi connectivity index (χ0) is 15.5. The summed E-state index contributed by atoms with van der Waals surface area (Å²) in [6.45, 7) is 0.583. The van der Waals surface area contributed by atoms with Gasteiger partial charge in [0, 0.05) is 19.5 Å². The smallest absolute Gasteiger partial charge is 0.223 e. The first-order valence-electron chi connectivity index (χ1n) is 7.97. The lowest BCUT2D eigenvalue weighted by molar-refractivity contribution is -0.131. The average molecular weight is 390 g/mol. The predicted octanol–water partition coefficient (Wildman–Crippen LogP) is 4.01. The number of amides is 1. The first-order valence-corrected chi connectivity index (χ1v) is 8.79. The van der Waals surface area contributed by atoms with Crippen molar-refractivity contribution in [2.45, 2.75) is 44.7 Å². The molecule has 0 radical (unpaired) electrons. The van der Waals surface area contributed by atoms with Crippen molar-refractivity contribution < 1.29 is 4.79 Å². The summed E-state index contributed by atoms with van der Waals surface area (Å²) in [7, 11) is 1.86. The summed E-state index contributed by atoms with van der Waals surface area (Å²) < 4.78 is 1.17. The van der Waals surface area contributed by atoms with Crippen molar-refractivity contribution in [3.8, 4) is 0 Å². The molecule has 1 aliphatic carbocycles. The highest BCUT2D eigenvalue weighted by Crippen LogP contribution is 2.27. The number of carbonyl (C=O) groups is 1. The highest BCUT2D eigenvalue weighted by molar-refractivity contribution is 7.18. The van der Waals surface area contributed by atoms with Crippen LogP contribution < -0.4 is 5.73 Å². The van der Waals surface area contributed by atoms with E-state index in [0.29, 0.717) is 18.9 Å². The Balaban J connectivity index is 0.00000144. The molecule has 2 atom stereocenters. The van der Waals surface area contributed by atoms with Gasteiger partial charge in [-0.2, -0.15) is 0 Å². The van der Waals surface area contributed by atoms with Gasteiger partial charge in [0.1, 0.15) is 5.01 Å². The Morgan fingerprint density at radius 1 is 1.29 bits per heavy atom. The number of fused-ring (bicyclic) bond motifs is 1. The molecule has 2 N–H and O–H groups in total. The molecule has 24 heavy (non-hydrogen) atoms. The van der Waals surface area contributed by atoms with Crippen molar-refractivity contribution in [2.24, 2.45) is 11.7 Å². The van der Waals surface area contributed by atoms with E-state index in [1.807, 2.05) is 25.2 Å². The fourth-order valence-electron chi connectivity index (χ4n) is 3.15. The van der Waals surface area contributed by atoms with E-state index in [4.69, 9.17) is 5.73 Å². The Bertz CT molecular complexity index is 631. The van der Waals surface area contributed by atoms with Crippen LogP contribution in [0.15, 0.2) is 24.3 Å². The highest BCUT2D eigenvalue weighted by Gasteiger charge is 2.25. The number of aromatic nitrogens is 1. The number of carbonyl (C=O) groups excluding carboxylic acids is 1. The summed E-state index contributed by atoms with van der Waals surface area (Å²) in [5.74, 6) is 0.528. The summed E-state index contributed by atoms with van der Waals surface area (Å²) in [5.41, 5.74) is 7.16. The van der Waals surface area contributed by atoms with Gasteiger partial charge >= 0.3 is 0 Å². The summed E-state index contributed by atoms with van der Waals surface area (Å²) >= 11 is 1.66. The number of thiazole rings is 1. The minimum absolute atomic E-state index is 0. The van der Waals surface area contributed by atoms with E-state index in [2.05, 4.69) is 11.1 Å². The minimum atomic E-state index is 0. The van der Waals surface area contributed by atoms with Gasteiger partial charge < -0.3 is 10.6 Å². The van der Waals surface area contributed by atoms with E-state index >= 15 is 0 Å². The van der Waals surface area contributed by atoms with Crippen molar-refractivity contribution in [1.82, 2.24) is 9.88 Å². The molecule has 0 aliphatic heterocycles. The van der Waals surface area contributed by atoms with Crippen LogP contribution in [-0.4, -0.2) is 28.9 Å². The largest absolute Gasteiger partial charge is 0.339 e. The van der Waals surface area contributed by atoms with Crippen LogP contribution in [0.1, 0.15) is 37.1 Å². The lowest BCUT2D eigenvalue weighted by atomic mass is 9.83. The third kappa shape index (κ3) is 5.06. The number of para-hydroxylation sites is 1. The van der Waals surface area contributed by atoms with Crippen molar-refractivity contribution >= 4 is 52.3 Å². The third-order valence-corrected chi connectivity index (χ3v) is 5.56. The van der Waals surface area contributed by atoms with E-state index in [1.54, 1.807) is 16.2 Å². The van der Waals surface area contributed by atoms with Gasteiger partial charge in [-0.1, -0.05) is 25.0 Å². The minimum Gasteiger partial charge on any atom is -0.339 e. The molecule has 7 heteroatoms. The van der Waals surface area contributed by atoms with Gasteiger partial charge in [0.25, 0.3) is 0 Å². The van der Waals surface area contributed by atoms with E-state index in [0.717, 1.165) is 23.4 Å². The van der Waals surface area contributed by atoms with E-state index < -0.39 is 0 Å². The van der Waals surface area contributed by atoms with Crippen LogP contribution in [-0.2, 0) is 11.3 Å². The number of benzene rings is 1. The standard InChI is InChI=1S/C17H23N3OS.2ClH/c1-20(17(21)10-12-6-2-3-7-13(12)18)11-16-19-14-8-4-5-9-15(14)22-16;;/h4-5,8-9,12-13H,2-3,6-7,10-11,18H2,1H3;2*1H. The predicted molar refractivity (Wildman–Crippen MR) is 105 cm³/mol. The molecule has 0 bridgehead atoms. The van der Waals surface area contributed by atoms with Crippen LogP contribution in [0.2, 0.25) is 0 Å². The Morgan fingerprint density at radius 3 is 2.71 bits per heavy atom. The Kier molecular flexibility index (Phi) is 8.43. The second-order valence-electron chi connectivity index (χ2n) is 6.24. The third-order valence-electron chi connectivity index (χ3n) is 4.54. The molecule has 1 fully saturated rings. The number of hydrogen-bond donors (Lipinski definition) is 1. The first-order chi connectivity index (χ1) is 10.6. The van der Waals surface area contributed by atoms with Crippen LogP contribution in [0.4, 0.5) is 0 Å². The number of nitrogens with zero attached hydrogens (tertiary/aromatic N) is 2. The number of rotatable bonds is 4. The monoisotopic (exact) mass is 389 g/mol. The van der Waals surface area contributed by atoms with E-state index in [1.165, 1.54) is 17.5 Å². The van der Waals surface area contributed by atoms with Crippen LogP contribution in [0.25, 0.3) is 10.2 Å². The molecule has 1 heterocycles. The molecule has 0 saturated heterocycles. The second-order valence-corrected chi connectivity index (χ2v) is 7.35. The Morgan fingerprint density at radius 2 is 2.00 bits per heavy atom. The Labute approximate surface area is 159 Å². The number of hydrogen-bond acceptors (Lipinski definition) is 4. The van der Waals surface area contributed by atoms with Gasteiger partial charge in [-0.15, -0.1) is 36.2 Å². The summed E-state index contributed by atoms with van der Waals surface area (Å²) in [5, 5.41) is 0.991. The van der Waals surface area contributed by atoms with Gasteiger partial charge in [-0.05, 0) is 30.9 Å². The van der Waals surface area contributed by atoms with Gasteiger partial charge in [-0.3, -0.25) is 4.79 Å². The molecule has 1 aromatic heterocycles. The molecule has 134 valence electrons. The Hall–Kier alpha value is -0.880. The van der Waals surface area contributed by atoms with Crippen LogP contribution in [0.3, 0.4) is 0 Å². The molecule has 1 aromatic carbocycles. The lowest BCUT2D eigenvalue weighted by Crippen LogP contribution is -2.37. The molecule has 2 aromatic rings. The van der Waals surface area contributed by atoms with Crippen molar-refractivity contribution in [3.63, 3.8) is 0 Å². The van der Waals surface area contributed by atoms with Gasteiger partial charge in [0.2, 0.25) is 5.91 Å². The molecular weight excluding hydrogens is 365 g/mol. The maximum atomic E-state index is 12.4. The molecule has 0 spiro atoms. The molecule has 2 unspecified atom stereocenters. The first kappa shape index (κ1) is 21.2. The number of halogens is 2. The van der Waals surface area contributed by atoms with Gasteiger partial charge in [0.05, 0.1) is 16.8 Å². The molecule has 3 rings (SSSR count). The SMILES string of the molecule is CN(Cc1nc2ccccc2s1)C(=O)CC1CCCCC1N.Cl.Cl. The van der Waals surface area contributed by atoms with Crippen LogP contribution >= 0.6 is 36.2 Å². The zero-order valence-corrected chi connectivity index (χ0v) is 16.3. The highest BCUT2D eigenvalue weighted by atomic mass is 35.5. The molecular formula is C17H25Cl2N3OS. The average Bonchev–Trinajstić information content (AvgIpc) is 2.91. The molecule has 1 aliphatic rings. The normalized spacial score (nSPS) is 20.1. The second kappa shape index (κ2) is 9.56. The van der Waals surface area contributed by atoms with Gasteiger partial charge in [-0.25, -0.2) is 4.98 Å². The maximum absolute atomic E-state index is 12.4. The maximum Gasteiger partial charge on any atom is 0.223 e. The fourth-order valence-corrected chi connectivity index (χ4v) is 4.17. The molecule has 4 nitrogen and oxygen atoms in total. The lowest BCUT2D eigenvalue weighted by Gasteiger charge is -2.29. The molecule has 1 amide bonds. The summed E-state index contributed by atoms with van der Waals surface area (Å²) in [4.78, 5) is 18.8. The van der Waals surface area contributed by atoms with Crippen molar-refractivity contribution in [3.05, 3.63) is 29.3 Å². The van der Waals surface area contributed by atoms with Crippen molar-refractivity contribution in [1.29, 1.82) is 0 Å². The van der Waals surface area contributed by atoms with Crippen LogP contribution in [0, 0.1) is 5.92 Å². The van der Waals surface area contributed by atoms with E-state index in [-0.39, 0.29) is 36.8 Å². The number of nitrogens with two attached hydrogens (primary N) is 1. The van der Waals surface area contributed by atoms with E-state index in [9.17, 15) is 4.79 Å². The topological polar surface area (TPSA) is 59.2 Å². The summed E-state index contributed by atoms with van der Waals surface area (Å²) in [6.07, 6.45) is 5.12. The van der Waals surface area contributed by atoms with Gasteiger partial charge in [0.15, 0.2) is 0 Å².